The fraction of sp³-hybridized carbons (Fsp3) is 0.333. The molecule has 1 aromatic carbocycles. The number of benzene rings is 1. The van der Waals surface area contributed by atoms with Gasteiger partial charge in [0.05, 0.1) is 0 Å². The van der Waals surface area contributed by atoms with Gasteiger partial charge in [0.25, 0.3) is 0 Å². The van der Waals surface area contributed by atoms with Crippen LogP contribution in [-0.2, 0) is 11.2 Å². The molecule has 90 valence electrons. The molecule has 0 aromatic heterocycles. The van der Waals surface area contributed by atoms with E-state index in [4.69, 9.17) is 0 Å². The molecule has 4 nitrogen and oxygen atoms in total. The third-order valence-electron chi connectivity index (χ3n) is 2.70. The van der Waals surface area contributed by atoms with Gasteiger partial charge in [-0.3, -0.25) is 10.1 Å². The summed E-state index contributed by atoms with van der Waals surface area (Å²) >= 11 is 3.48. The number of hydrogen-bond donors (Lipinski definition) is 1. The van der Waals surface area contributed by atoms with Crippen molar-refractivity contribution in [2.75, 3.05) is 13.1 Å². The molecule has 1 aliphatic rings. The molecule has 17 heavy (non-hydrogen) atoms. The van der Waals surface area contributed by atoms with E-state index >= 15 is 0 Å². The van der Waals surface area contributed by atoms with Gasteiger partial charge in [-0.05, 0) is 24.5 Å². The molecular formula is C12H13BrN2O2. The van der Waals surface area contributed by atoms with Gasteiger partial charge in [0.2, 0.25) is 5.91 Å². The molecule has 1 aromatic rings. The fourth-order valence-corrected chi connectivity index (χ4v) is 2.31. The van der Waals surface area contributed by atoms with Gasteiger partial charge < -0.3 is 4.90 Å². The zero-order valence-corrected chi connectivity index (χ0v) is 10.9. The van der Waals surface area contributed by atoms with Gasteiger partial charge in [-0.15, -0.1) is 0 Å². The molecule has 0 atom stereocenters. The van der Waals surface area contributed by atoms with E-state index in [9.17, 15) is 9.59 Å². The number of rotatable bonds is 4. The second-order valence-electron chi connectivity index (χ2n) is 3.97. The van der Waals surface area contributed by atoms with Crippen molar-refractivity contribution in [1.82, 2.24) is 10.2 Å². The van der Waals surface area contributed by atoms with E-state index in [2.05, 4.69) is 27.3 Å². The van der Waals surface area contributed by atoms with Gasteiger partial charge in [0.1, 0.15) is 6.54 Å². The van der Waals surface area contributed by atoms with Crippen molar-refractivity contribution in [2.24, 2.45) is 0 Å². The van der Waals surface area contributed by atoms with Crippen molar-refractivity contribution in [2.45, 2.75) is 12.8 Å². The highest BCUT2D eigenvalue weighted by Crippen LogP contribution is 2.17. The van der Waals surface area contributed by atoms with Crippen LogP contribution in [0.4, 0.5) is 4.79 Å². The molecule has 0 unspecified atom stereocenters. The molecule has 0 bridgehead atoms. The Labute approximate surface area is 108 Å². The second-order valence-corrected chi connectivity index (χ2v) is 4.82. The van der Waals surface area contributed by atoms with Crippen LogP contribution in [0.25, 0.3) is 0 Å². The molecule has 1 aliphatic heterocycles. The van der Waals surface area contributed by atoms with Gasteiger partial charge in [-0.2, -0.15) is 0 Å². The predicted molar refractivity (Wildman–Crippen MR) is 67.6 cm³/mol. The molecule has 1 saturated heterocycles. The van der Waals surface area contributed by atoms with E-state index in [1.54, 1.807) is 4.90 Å². The molecule has 1 heterocycles. The smallest absolute Gasteiger partial charge is 0.315 e. The van der Waals surface area contributed by atoms with Crippen LogP contribution in [0.15, 0.2) is 28.7 Å². The van der Waals surface area contributed by atoms with E-state index < -0.39 is 0 Å². The molecular weight excluding hydrogens is 284 g/mol. The summed E-state index contributed by atoms with van der Waals surface area (Å²) < 4.78 is 1.09. The average molecular weight is 297 g/mol. The molecule has 3 amide bonds. The van der Waals surface area contributed by atoms with Gasteiger partial charge in [0.15, 0.2) is 0 Å². The molecule has 1 fully saturated rings. The summed E-state index contributed by atoms with van der Waals surface area (Å²) in [5.74, 6) is -0.212. The number of nitrogens with zero attached hydrogens (tertiary/aromatic N) is 1. The maximum absolute atomic E-state index is 11.3. The first-order chi connectivity index (χ1) is 8.16. The lowest BCUT2D eigenvalue weighted by Gasteiger charge is -2.12. The zero-order valence-electron chi connectivity index (χ0n) is 9.28. The van der Waals surface area contributed by atoms with Gasteiger partial charge in [0, 0.05) is 11.0 Å². The van der Waals surface area contributed by atoms with Crippen molar-refractivity contribution in [1.29, 1.82) is 0 Å². The van der Waals surface area contributed by atoms with Crippen molar-refractivity contribution in [3.63, 3.8) is 0 Å². The van der Waals surface area contributed by atoms with Crippen LogP contribution < -0.4 is 5.32 Å². The Morgan fingerprint density at radius 2 is 2.06 bits per heavy atom. The summed E-state index contributed by atoms with van der Waals surface area (Å²) in [5, 5.41) is 2.27. The maximum atomic E-state index is 11.3. The van der Waals surface area contributed by atoms with E-state index in [0.717, 1.165) is 17.3 Å². The van der Waals surface area contributed by atoms with Crippen LogP contribution in [-0.4, -0.2) is 29.9 Å². The average Bonchev–Trinajstić information content (AvgIpc) is 2.60. The van der Waals surface area contributed by atoms with E-state index in [1.807, 2.05) is 18.2 Å². The van der Waals surface area contributed by atoms with Crippen molar-refractivity contribution >= 4 is 27.9 Å². The summed E-state index contributed by atoms with van der Waals surface area (Å²) in [6.45, 7) is 0.799. The van der Waals surface area contributed by atoms with Crippen molar-refractivity contribution in [3.05, 3.63) is 34.3 Å². The molecule has 5 heteroatoms. The zero-order chi connectivity index (χ0) is 12.3. The lowest BCUT2D eigenvalue weighted by Crippen LogP contribution is -2.29. The lowest BCUT2D eigenvalue weighted by atomic mass is 10.1. The second kappa shape index (κ2) is 5.31. The van der Waals surface area contributed by atoms with Crippen molar-refractivity contribution < 1.29 is 9.59 Å². The highest BCUT2D eigenvalue weighted by atomic mass is 79.9. The monoisotopic (exact) mass is 296 g/mol. The van der Waals surface area contributed by atoms with Gasteiger partial charge >= 0.3 is 6.03 Å². The Kier molecular flexibility index (Phi) is 3.78. The van der Waals surface area contributed by atoms with Crippen LogP contribution in [0.5, 0.6) is 0 Å². The number of hydrogen-bond acceptors (Lipinski definition) is 2. The SMILES string of the molecule is O=C1CN(CCCc2ccccc2Br)C(=O)N1. The van der Waals surface area contributed by atoms with Crippen molar-refractivity contribution in [3.8, 4) is 0 Å². The summed E-state index contributed by atoms with van der Waals surface area (Å²) in [7, 11) is 0. The van der Waals surface area contributed by atoms with Crippen LogP contribution in [0.2, 0.25) is 0 Å². The number of aryl methyl sites for hydroxylation is 1. The normalized spacial score (nSPS) is 15.2. The largest absolute Gasteiger partial charge is 0.324 e. The quantitative estimate of drug-likeness (QED) is 0.863. The first-order valence-electron chi connectivity index (χ1n) is 5.49. The first kappa shape index (κ1) is 12.1. The summed E-state index contributed by atoms with van der Waals surface area (Å²) in [6.07, 6.45) is 1.74. The number of nitrogens with one attached hydrogen (secondary N) is 1. The highest BCUT2D eigenvalue weighted by Gasteiger charge is 2.25. The van der Waals surface area contributed by atoms with Crippen LogP contribution in [0.3, 0.4) is 0 Å². The summed E-state index contributed by atoms with van der Waals surface area (Å²) in [5.41, 5.74) is 1.22. The predicted octanol–water partition coefficient (Wildman–Crippen LogP) is 1.93. The van der Waals surface area contributed by atoms with Crippen LogP contribution >= 0.6 is 15.9 Å². The van der Waals surface area contributed by atoms with E-state index in [1.165, 1.54) is 5.56 Å². The van der Waals surface area contributed by atoms with Gasteiger partial charge in [-0.1, -0.05) is 34.1 Å². The molecule has 0 aliphatic carbocycles. The van der Waals surface area contributed by atoms with Gasteiger partial charge in [-0.25, -0.2) is 4.79 Å². The molecule has 0 radical (unpaired) electrons. The number of halogens is 1. The number of carbonyl (C=O) groups excluding carboxylic acids is 2. The topological polar surface area (TPSA) is 49.4 Å². The third kappa shape index (κ3) is 3.06. The number of urea groups is 1. The highest BCUT2D eigenvalue weighted by molar-refractivity contribution is 9.10. The molecule has 0 saturated carbocycles. The fourth-order valence-electron chi connectivity index (χ4n) is 1.83. The van der Waals surface area contributed by atoms with Crippen LogP contribution in [0, 0.1) is 0 Å². The van der Waals surface area contributed by atoms with Crippen LogP contribution in [0.1, 0.15) is 12.0 Å². The molecule has 2 rings (SSSR count). The summed E-state index contributed by atoms with van der Waals surface area (Å²) in [4.78, 5) is 23.8. The van der Waals surface area contributed by atoms with E-state index in [0.29, 0.717) is 6.54 Å². The van der Waals surface area contributed by atoms with E-state index in [-0.39, 0.29) is 18.5 Å². The Morgan fingerprint density at radius 3 is 2.71 bits per heavy atom. The Morgan fingerprint density at radius 1 is 1.29 bits per heavy atom. The minimum atomic E-state index is -0.276. The Hall–Kier alpha value is -1.36. The molecule has 0 spiro atoms. The number of imide groups is 1. The standard InChI is InChI=1S/C12H13BrN2O2/c13-10-6-2-1-4-9(10)5-3-7-15-8-11(16)14-12(15)17/h1-2,4,6H,3,5,7-8H2,(H,14,16,17). The summed E-state index contributed by atoms with van der Waals surface area (Å²) in [6, 6.07) is 7.75. The number of carbonyl (C=O) groups is 2. The third-order valence-corrected chi connectivity index (χ3v) is 3.47. The maximum Gasteiger partial charge on any atom is 0.324 e. The number of amides is 3. The Balaban J connectivity index is 1.82. The minimum absolute atomic E-state index is 0.189. The molecule has 1 N–H and O–H groups in total. The lowest BCUT2D eigenvalue weighted by molar-refractivity contribution is -0.118. The Bertz CT molecular complexity index is 448. The minimum Gasteiger partial charge on any atom is -0.315 e. The first-order valence-corrected chi connectivity index (χ1v) is 6.28.